The molecule has 11 nitrogen and oxygen atoms in total. The number of rotatable bonds is 9. The molecule has 0 saturated carbocycles. The van der Waals surface area contributed by atoms with Crippen molar-refractivity contribution < 1.29 is 28.1 Å². The molecule has 250 valence electrons. The number of nitrogens with one attached hydrogen (secondary N) is 2. The number of halogens is 1. The molecule has 0 bridgehead atoms. The molecule has 0 atom stereocenters. The molecule has 2 fully saturated rings. The lowest BCUT2D eigenvalue weighted by atomic mass is 9.95. The molecule has 2 N–H and O–H groups in total. The van der Waals surface area contributed by atoms with Gasteiger partial charge in [0.15, 0.2) is 17.3 Å². The van der Waals surface area contributed by atoms with E-state index in [1.54, 1.807) is 16.8 Å². The van der Waals surface area contributed by atoms with Gasteiger partial charge in [0.25, 0.3) is 5.91 Å². The Morgan fingerprint density at radius 2 is 1.62 bits per heavy atom. The Morgan fingerprint density at radius 3 is 2.42 bits per heavy atom. The van der Waals surface area contributed by atoms with Gasteiger partial charge in [-0.1, -0.05) is 24.3 Å². The maximum Gasteiger partial charge on any atom is 0.256 e. The fourth-order valence-corrected chi connectivity index (χ4v) is 6.95. The number of carbonyl (C=O) groups is 1. The van der Waals surface area contributed by atoms with Crippen molar-refractivity contribution in [3.63, 3.8) is 0 Å². The summed E-state index contributed by atoms with van der Waals surface area (Å²) in [5, 5.41) is 6.23. The number of morpholine rings is 2. The van der Waals surface area contributed by atoms with Gasteiger partial charge in [0.2, 0.25) is 5.43 Å². The summed E-state index contributed by atoms with van der Waals surface area (Å²) in [7, 11) is 0. The highest BCUT2D eigenvalue weighted by Gasteiger charge is 2.31. The second kappa shape index (κ2) is 13.2. The van der Waals surface area contributed by atoms with Crippen LogP contribution in [0.2, 0.25) is 0 Å². The van der Waals surface area contributed by atoms with E-state index in [0.717, 1.165) is 55.8 Å². The Kier molecular flexibility index (Phi) is 8.47. The van der Waals surface area contributed by atoms with Gasteiger partial charge in [-0.05, 0) is 36.2 Å². The number of carbonyl (C=O) groups excluding carboxylic acids is 1. The van der Waals surface area contributed by atoms with E-state index in [2.05, 4.69) is 20.4 Å². The zero-order chi connectivity index (χ0) is 32.6. The zero-order valence-electron chi connectivity index (χ0n) is 26.7. The third kappa shape index (κ3) is 5.79. The lowest BCUT2D eigenvalue weighted by molar-refractivity contribution is 0.0374. The van der Waals surface area contributed by atoms with Crippen molar-refractivity contribution >= 4 is 22.5 Å². The molecule has 4 aliphatic heterocycles. The second-order valence-corrected chi connectivity index (χ2v) is 12.5. The summed E-state index contributed by atoms with van der Waals surface area (Å²) in [6, 6.07) is 13.0. The van der Waals surface area contributed by atoms with E-state index in [1.807, 2.05) is 30.3 Å². The molecule has 1 amide bonds. The average Bonchev–Trinajstić information content (AvgIpc) is 3.12. The van der Waals surface area contributed by atoms with Crippen LogP contribution in [0.15, 0.2) is 53.5 Å². The molecule has 0 spiro atoms. The zero-order valence-corrected chi connectivity index (χ0v) is 26.7. The first-order valence-corrected chi connectivity index (χ1v) is 16.7. The lowest BCUT2D eigenvalue weighted by Gasteiger charge is -2.29. The average molecular weight is 656 g/mol. The Balaban J connectivity index is 1.17. The second-order valence-electron chi connectivity index (χ2n) is 12.5. The maximum atomic E-state index is 16.0. The first-order valence-electron chi connectivity index (χ1n) is 16.7. The Hall–Kier alpha value is -4.49. The van der Waals surface area contributed by atoms with Crippen LogP contribution in [-0.2, 0) is 16.1 Å². The molecule has 0 radical (unpaired) electrons. The van der Waals surface area contributed by atoms with E-state index in [0.29, 0.717) is 75.4 Å². The number of anilines is 1. The van der Waals surface area contributed by atoms with Crippen LogP contribution in [0, 0.1) is 5.82 Å². The molecule has 12 heteroatoms. The highest BCUT2D eigenvalue weighted by atomic mass is 19.1. The number of benzene rings is 3. The van der Waals surface area contributed by atoms with Gasteiger partial charge in [-0.2, -0.15) is 0 Å². The van der Waals surface area contributed by atoms with Crippen LogP contribution in [0.3, 0.4) is 0 Å². The first-order chi connectivity index (χ1) is 23.5. The Bertz CT molecular complexity index is 1930. The minimum atomic E-state index is -0.627. The van der Waals surface area contributed by atoms with Gasteiger partial charge in [-0.3, -0.25) is 19.4 Å². The molecule has 1 aromatic heterocycles. The molecular weight excluding hydrogens is 617 g/mol. The van der Waals surface area contributed by atoms with E-state index in [9.17, 15) is 9.59 Å². The number of amides is 1. The molecule has 3 aromatic carbocycles. The van der Waals surface area contributed by atoms with Gasteiger partial charge >= 0.3 is 0 Å². The number of pyridine rings is 1. The topological polar surface area (TPSA) is 107 Å². The quantitative estimate of drug-likeness (QED) is 0.228. The molecular formula is C36H38FN5O6. The molecule has 0 aliphatic carbocycles. The number of fused-ring (bicyclic) bond motifs is 5. The summed E-state index contributed by atoms with van der Waals surface area (Å²) in [5.41, 5.74) is 3.54. The Labute approximate surface area is 277 Å². The summed E-state index contributed by atoms with van der Waals surface area (Å²) < 4.78 is 41.2. The van der Waals surface area contributed by atoms with E-state index in [-0.39, 0.29) is 22.4 Å². The van der Waals surface area contributed by atoms with E-state index >= 15 is 4.39 Å². The van der Waals surface area contributed by atoms with Gasteiger partial charge in [-0.15, -0.1) is 0 Å². The third-order valence-corrected chi connectivity index (χ3v) is 9.54. The van der Waals surface area contributed by atoms with Crippen LogP contribution in [0.5, 0.6) is 17.2 Å². The number of nitrogens with zero attached hydrogens (tertiary/aromatic N) is 3. The standard InChI is InChI=1S/C36H38FN5O6/c37-28-18-26-33-35(32(28)38-7-9-41-12-16-46-17-13-41)48-31-20-30-25(24-5-2-1-4-23(24)22-47-30)19-29(31)42(33)21-27(34(26)43)36(44)39-6-3-8-40-10-14-45-15-11-40/h1-2,4-5,18-21,38H,3,6-17,22H2,(H,39,44). The van der Waals surface area contributed by atoms with Gasteiger partial charge in [0, 0.05) is 63.6 Å². The predicted octanol–water partition coefficient (Wildman–Crippen LogP) is 3.99. The fraction of sp³-hybridized carbons (Fsp3) is 0.389. The predicted molar refractivity (Wildman–Crippen MR) is 179 cm³/mol. The van der Waals surface area contributed by atoms with E-state index < -0.39 is 17.2 Å². The molecule has 48 heavy (non-hydrogen) atoms. The summed E-state index contributed by atoms with van der Waals surface area (Å²) in [5.74, 6) is 0.152. The number of aromatic nitrogens is 1. The maximum absolute atomic E-state index is 16.0. The minimum absolute atomic E-state index is 0.0607. The van der Waals surface area contributed by atoms with Crippen molar-refractivity contribution in [3.05, 3.63) is 75.8 Å². The number of hydrogen-bond acceptors (Lipinski definition) is 9. The first kappa shape index (κ1) is 30.8. The largest absolute Gasteiger partial charge is 0.488 e. The fourth-order valence-electron chi connectivity index (χ4n) is 6.95. The van der Waals surface area contributed by atoms with Crippen LogP contribution in [0.25, 0.3) is 27.7 Å². The lowest BCUT2D eigenvalue weighted by Crippen LogP contribution is -2.39. The van der Waals surface area contributed by atoms with Gasteiger partial charge in [0.1, 0.15) is 29.1 Å². The molecule has 5 heterocycles. The highest BCUT2D eigenvalue weighted by Crippen LogP contribution is 2.49. The summed E-state index contributed by atoms with van der Waals surface area (Å²) in [6.45, 7) is 8.89. The summed E-state index contributed by atoms with van der Waals surface area (Å²) in [6.07, 6.45) is 2.29. The number of ether oxygens (including phenoxy) is 4. The van der Waals surface area contributed by atoms with Gasteiger partial charge in [-0.25, -0.2) is 4.39 Å². The smallest absolute Gasteiger partial charge is 0.256 e. The summed E-state index contributed by atoms with van der Waals surface area (Å²) in [4.78, 5) is 32.0. The van der Waals surface area contributed by atoms with Crippen LogP contribution in [0.1, 0.15) is 22.3 Å². The van der Waals surface area contributed by atoms with Gasteiger partial charge < -0.3 is 34.1 Å². The minimum Gasteiger partial charge on any atom is -0.488 e. The van der Waals surface area contributed by atoms with Crippen LogP contribution >= 0.6 is 0 Å². The summed E-state index contributed by atoms with van der Waals surface area (Å²) >= 11 is 0. The van der Waals surface area contributed by atoms with E-state index in [4.69, 9.17) is 18.9 Å². The Morgan fingerprint density at radius 1 is 0.875 bits per heavy atom. The molecule has 0 unspecified atom stereocenters. The van der Waals surface area contributed by atoms with Crippen molar-refractivity contribution in [1.82, 2.24) is 19.7 Å². The van der Waals surface area contributed by atoms with Crippen LogP contribution < -0.4 is 25.5 Å². The molecule has 8 rings (SSSR count). The van der Waals surface area contributed by atoms with Crippen LogP contribution in [-0.4, -0.2) is 99.1 Å². The van der Waals surface area contributed by atoms with Crippen molar-refractivity contribution in [1.29, 1.82) is 0 Å². The monoisotopic (exact) mass is 655 g/mol. The van der Waals surface area contributed by atoms with Crippen molar-refractivity contribution in [2.45, 2.75) is 13.0 Å². The van der Waals surface area contributed by atoms with Crippen molar-refractivity contribution in [3.8, 4) is 34.1 Å². The SMILES string of the molecule is O=C(NCCCN1CCOCC1)c1cn2c3c(c(NCCN4CCOCC4)c(F)cc3c1=O)Oc1cc3c(cc1-2)-c1ccccc1CO3. The number of hydrogen-bond donors (Lipinski definition) is 2. The molecule has 4 aromatic rings. The van der Waals surface area contributed by atoms with Crippen LogP contribution in [0.4, 0.5) is 10.1 Å². The molecule has 2 saturated heterocycles. The van der Waals surface area contributed by atoms with Gasteiger partial charge in [0.05, 0.1) is 37.5 Å². The normalized spacial score (nSPS) is 17.1. The highest BCUT2D eigenvalue weighted by molar-refractivity contribution is 6.01. The van der Waals surface area contributed by atoms with Crippen molar-refractivity contribution in [2.75, 3.05) is 84.1 Å². The van der Waals surface area contributed by atoms with Crippen molar-refractivity contribution in [2.24, 2.45) is 0 Å². The van der Waals surface area contributed by atoms with E-state index in [1.165, 1.54) is 6.07 Å². The molecule has 4 aliphatic rings. The third-order valence-electron chi connectivity index (χ3n) is 9.54.